The molecule has 22 heavy (non-hydrogen) atoms. The number of rotatable bonds is 5. The molecule has 116 valence electrons. The number of thiophene rings is 1. The SMILES string of the molecule is COC(=O)c1sccc1NC(=O)COc1ccc(Br)cc1Br. The van der Waals surface area contributed by atoms with E-state index in [2.05, 4.69) is 41.9 Å². The fourth-order valence-corrected chi connectivity index (χ4v) is 3.51. The number of ether oxygens (including phenoxy) is 2. The first-order chi connectivity index (χ1) is 10.5. The molecule has 1 aromatic heterocycles. The van der Waals surface area contributed by atoms with E-state index in [4.69, 9.17) is 4.74 Å². The number of methoxy groups -OCH3 is 1. The number of amides is 1. The van der Waals surface area contributed by atoms with E-state index in [1.54, 1.807) is 17.5 Å². The zero-order valence-corrected chi connectivity index (χ0v) is 15.4. The molecule has 1 aromatic carbocycles. The van der Waals surface area contributed by atoms with Crippen molar-refractivity contribution in [1.82, 2.24) is 0 Å². The van der Waals surface area contributed by atoms with Gasteiger partial charge >= 0.3 is 5.97 Å². The van der Waals surface area contributed by atoms with Gasteiger partial charge in [0, 0.05) is 4.47 Å². The lowest BCUT2D eigenvalue weighted by Crippen LogP contribution is -2.21. The Morgan fingerprint density at radius 2 is 2.05 bits per heavy atom. The number of hydrogen-bond donors (Lipinski definition) is 1. The highest BCUT2D eigenvalue weighted by atomic mass is 79.9. The summed E-state index contributed by atoms with van der Waals surface area (Å²) in [6, 6.07) is 7.02. The van der Waals surface area contributed by atoms with Crippen molar-refractivity contribution in [2.75, 3.05) is 19.0 Å². The molecule has 0 atom stereocenters. The van der Waals surface area contributed by atoms with E-state index in [9.17, 15) is 9.59 Å². The Morgan fingerprint density at radius 1 is 1.27 bits per heavy atom. The van der Waals surface area contributed by atoms with Crippen molar-refractivity contribution in [1.29, 1.82) is 0 Å². The molecule has 2 rings (SSSR count). The number of carbonyl (C=O) groups excluding carboxylic acids is 2. The van der Waals surface area contributed by atoms with Gasteiger partial charge in [0.25, 0.3) is 5.91 Å². The smallest absolute Gasteiger partial charge is 0.350 e. The molecule has 5 nitrogen and oxygen atoms in total. The highest BCUT2D eigenvalue weighted by molar-refractivity contribution is 9.11. The predicted octanol–water partition coefficient (Wildman–Crippen LogP) is 4.08. The molecule has 0 aliphatic carbocycles. The molecule has 0 saturated heterocycles. The summed E-state index contributed by atoms with van der Waals surface area (Å²) in [5.74, 6) is -0.294. The molecule has 0 aliphatic heterocycles. The average molecular weight is 449 g/mol. The molecule has 8 heteroatoms. The van der Waals surface area contributed by atoms with Gasteiger partial charge in [-0.3, -0.25) is 4.79 Å². The van der Waals surface area contributed by atoms with Crippen molar-refractivity contribution < 1.29 is 19.1 Å². The van der Waals surface area contributed by atoms with Crippen LogP contribution >= 0.6 is 43.2 Å². The Bertz CT molecular complexity index is 702. The number of esters is 1. The summed E-state index contributed by atoms with van der Waals surface area (Å²) in [5.41, 5.74) is 0.417. The molecule has 1 heterocycles. The molecular formula is C14H11Br2NO4S. The Labute approximate surface area is 147 Å². The molecule has 0 aliphatic rings. The van der Waals surface area contributed by atoms with Gasteiger partial charge in [-0.05, 0) is 45.6 Å². The van der Waals surface area contributed by atoms with Crippen LogP contribution in [-0.4, -0.2) is 25.6 Å². The summed E-state index contributed by atoms with van der Waals surface area (Å²) < 4.78 is 11.7. The number of hydrogen-bond acceptors (Lipinski definition) is 5. The van der Waals surface area contributed by atoms with Gasteiger partial charge < -0.3 is 14.8 Å². The van der Waals surface area contributed by atoms with E-state index in [-0.39, 0.29) is 12.5 Å². The highest BCUT2D eigenvalue weighted by Gasteiger charge is 2.16. The predicted molar refractivity (Wildman–Crippen MR) is 91.6 cm³/mol. The van der Waals surface area contributed by atoms with Gasteiger partial charge in [-0.1, -0.05) is 15.9 Å². The number of nitrogens with one attached hydrogen (secondary N) is 1. The van der Waals surface area contributed by atoms with Crippen molar-refractivity contribution >= 4 is 60.8 Å². The molecule has 1 N–H and O–H groups in total. The summed E-state index contributed by atoms with van der Waals surface area (Å²) in [6.45, 7) is -0.170. The summed E-state index contributed by atoms with van der Waals surface area (Å²) in [4.78, 5) is 23.8. The van der Waals surface area contributed by atoms with E-state index >= 15 is 0 Å². The average Bonchev–Trinajstić information content (AvgIpc) is 2.93. The number of carbonyl (C=O) groups is 2. The van der Waals surface area contributed by atoms with Crippen molar-refractivity contribution in [3.8, 4) is 5.75 Å². The first-order valence-electron chi connectivity index (χ1n) is 6.04. The van der Waals surface area contributed by atoms with Crippen LogP contribution in [-0.2, 0) is 9.53 Å². The van der Waals surface area contributed by atoms with Crippen molar-refractivity contribution in [3.05, 3.63) is 43.5 Å². The lowest BCUT2D eigenvalue weighted by Gasteiger charge is -2.09. The van der Waals surface area contributed by atoms with Crippen LogP contribution in [0.5, 0.6) is 5.75 Å². The standard InChI is InChI=1S/C14H11Br2NO4S/c1-20-14(19)13-10(4-5-22-13)17-12(18)7-21-11-3-2-8(15)6-9(11)16/h2-6H,7H2,1H3,(H,17,18). The fraction of sp³-hybridized carbons (Fsp3) is 0.143. The summed E-state index contributed by atoms with van der Waals surface area (Å²) in [7, 11) is 1.29. The molecule has 0 bridgehead atoms. The van der Waals surface area contributed by atoms with Crippen LogP contribution in [0.15, 0.2) is 38.6 Å². The van der Waals surface area contributed by atoms with Gasteiger partial charge in [-0.2, -0.15) is 0 Å². The summed E-state index contributed by atoms with van der Waals surface area (Å²) in [5, 5.41) is 4.33. The van der Waals surface area contributed by atoms with E-state index in [1.807, 2.05) is 12.1 Å². The van der Waals surface area contributed by atoms with Crippen LogP contribution in [0.25, 0.3) is 0 Å². The van der Waals surface area contributed by atoms with Crippen LogP contribution in [0.4, 0.5) is 5.69 Å². The zero-order valence-electron chi connectivity index (χ0n) is 11.4. The Morgan fingerprint density at radius 3 is 2.73 bits per heavy atom. The minimum atomic E-state index is -0.484. The second-order valence-corrected chi connectivity index (χ2v) is 6.75. The third kappa shape index (κ3) is 4.31. The van der Waals surface area contributed by atoms with Crippen molar-refractivity contribution in [2.24, 2.45) is 0 Å². The van der Waals surface area contributed by atoms with E-state index in [1.165, 1.54) is 18.4 Å². The molecule has 0 fully saturated rings. The molecule has 2 aromatic rings. The minimum Gasteiger partial charge on any atom is -0.483 e. The number of halogens is 2. The van der Waals surface area contributed by atoms with Gasteiger partial charge in [0.05, 0.1) is 17.3 Å². The van der Waals surface area contributed by atoms with Crippen LogP contribution in [0.3, 0.4) is 0 Å². The van der Waals surface area contributed by atoms with Gasteiger partial charge in [-0.15, -0.1) is 11.3 Å². The largest absolute Gasteiger partial charge is 0.483 e. The zero-order chi connectivity index (χ0) is 16.1. The lowest BCUT2D eigenvalue weighted by molar-refractivity contribution is -0.118. The molecule has 0 unspecified atom stereocenters. The second-order valence-electron chi connectivity index (χ2n) is 4.07. The quantitative estimate of drug-likeness (QED) is 0.700. The van der Waals surface area contributed by atoms with Crippen molar-refractivity contribution in [3.63, 3.8) is 0 Å². The van der Waals surface area contributed by atoms with Crippen molar-refractivity contribution in [2.45, 2.75) is 0 Å². The monoisotopic (exact) mass is 447 g/mol. The van der Waals surface area contributed by atoms with Gasteiger partial charge in [0.15, 0.2) is 6.61 Å². The normalized spacial score (nSPS) is 10.1. The maximum atomic E-state index is 11.9. The number of anilines is 1. The third-order valence-electron chi connectivity index (χ3n) is 2.56. The first-order valence-corrected chi connectivity index (χ1v) is 8.51. The van der Waals surface area contributed by atoms with E-state index in [0.29, 0.717) is 16.3 Å². The molecular weight excluding hydrogens is 438 g/mol. The Hall–Kier alpha value is -1.38. The fourth-order valence-electron chi connectivity index (χ4n) is 1.58. The Kier molecular flexibility index (Phi) is 5.98. The van der Waals surface area contributed by atoms with Crippen LogP contribution in [0, 0.1) is 0 Å². The molecule has 0 spiro atoms. The minimum absolute atomic E-state index is 0.170. The second kappa shape index (κ2) is 7.75. The van der Waals surface area contributed by atoms with Crippen LogP contribution in [0.2, 0.25) is 0 Å². The maximum Gasteiger partial charge on any atom is 0.350 e. The van der Waals surface area contributed by atoms with Crippen LogP contribution in [0.1, 0.15) is 9.67 Å². The summed E-state index contributed by atoms with van der Waals surface area (Å²) in [6.07, 6.45) is 0. The van der Waals surface area contributed by atoms with Gasteiger partial charge in [-0.25, -0.2) is 4.79 Å². The van der Waals surface area contributed by atoms with E-state index < -0.39 is 5.97 Å². The molecule has 1 amide bonds. The number of benzene rings is 1. The maximum absolute atomic E-state index is 11.9. The lowest BCUT2D eigenvalue weighted by atomic mass is 10.3. The topological polar surface area (TPSA) is 64.6 Å². The summed E-state index contributed by atoms with van der Waals surface area (Å²) >= 11 is 7.89. The third-order valence-corrected chi connectivity index (χ3v) is 4.57. The molecule has 0 saturated carbocycles. The molecule has 0 radical (unpaired) electrons. The Balaban J connectivity index is 1.96. The van der Waals surface area contributed by atoms with E-state index in [0.717, 1.165) is 8.95 Å². The van der Waals surface area contributed by atoms with Gasteiger partial charge in [0.2, 0.25) is 0 Å². The van der Waals surface area contributed by atoms with Crippen LogP contribution < -0.4 is 10.1 Å². The highest BCUT2D eigenvalue weighted by Crippen LogP contribution is 2.28. The van der Waals surface area contributed by atoms with Gasteiger partial charge in [0.1, 0.15) is 10.6 Å². The first kappa shape index (κ1) is 17.0.